The Morgan fingerprint density at radius 1 is 1.18 bits per heavy atom. The Labute approximate surface area is 169 Å². The SMILES string of the molecule is CCNC(=NCC(C)(C)c1ccc2c(c1)OCCO2)N1CCC(OCC)CC1. The van der Waals surface area contributed by atoms with E-state index in [0.29, 0.717) is 25.9 Å². The molecular weight excluding hydrogens is 354 g/mol. The molecule has 2 aliphatic heterocycles. The second kappa shape index (κ2) is 9.50. The summed E-state index contributed by atoms with van der Waals surface area (Å²) in [6, 6.07) is 6.24. The van der Waals surface area contributed by atoms with Gasteiger partial charge in [0.1, 0.15) is 13.2 Å². The number of likely N-dealkylation sites (tertiary alicyclic amines) is 1. The Bertz CT molecular complexity index is 667. The van der Waals surface area contributed by atoms with E-state index in [0.717, 1.165) is 56.5 Å². The van der Waals surface area contributed by atoms with E-state index in [9.17, 15) is 0 Å². The first-order valence-corrected chi connectivity index (χ1v) is 10.6. The van der Waals surface area contributed by atoms with E-state index in [-0.39, 0.29) is 5.41 Å². The summed E-state index contributed by atoms with van der Waals surface area (Å²) in [6.07, 6.45) is 2.51. The Hall–Kier alpha value is -1.95. The minimum absolute atomic E-state index is 0.0971. The first kappa shape index (κ1) is 20.8. The molecule has 28 heavy (non-hydrogen) atoms. The maximum Gasteiger partial charge on any atom is 0.193 e. The number of hydrogen-bond donors (Lipinski definition) is 1. The third kappa shape index (κ3) is 5.10. The standard InChI is InChI=1S/C22H35N3O3/c1-5-23-21(25-11-9-18(10-12-25)26-6-2)24-16-22(3,4)17-7-8-19-20(15-17)28-14-13-27-19/h7-8,15,18H,5-6,9-14,16H2,1-4H3,(H,23,24). The van der Waals surface area contributed by atoms with Crippen LogP contribution in [0.1, 0.15) is 46.1 Å². The molecule has 2 heterocycles. The van der Waals surface area contributed by atoms with Crippen molar-refractivity contribution >= 4 is 5.96 Å². The summed E-state index contributed by atoms with van der Waals surface area (Å²) in [5.41, 5.74) is 1.12. The van der Waals surface area contributed by atoms with Crippen molar-refractivity contribution in [2.24, 2.45) is 4.99 Å². The topological polar surface area (TPSA) is 55.3 Å². The summed E-state index contributed by atoms with van der Waals surface area (Å²) < 4.78 is 17.2. The molecule has 2 aliphatic rings. The molecule has 156 valence electrons. The van der Waals surface area contributed by atoms with E-state index in [2.05, 4.69) is 50.0 Å². The summed E-state index contributed by atoms with van der Waals surface area (Å²) in [5.74, 6) is 2.67. The largest absolute Gasteiger partial charge is 0.486 e. The molecule has 1 aromatic carbocycles. The molecular formula is C22H35N3O3. The third-order valence-corrected chi connectivity index (χ3v) is 5.43. The fraction of sp³-hybridized carbons (Fsp3) is 0.682. The number of rotatable bonds is 6. The monoisotopic (exact) mass is 389 g/mol. The molecule has 0 radical (unpaired) electrons. The molecule has 0 aliphatic carbocycles. The van der Waals surface area contributed by atoms with Crippen molar-refractivity contribution in [2.45, 2.75) is 52.1 Å². The van der Waals surface area contributed by atoms with Gasteiger partial charge in [0.25, 0.3) is 0 Å². The predicted octanol–water partition coefficient (Wildman–Crippen LogP) is 3.20. The molecule has 0 spiro atoms. The summed E-state index contributed by atoms with van der Waals surface area (Å²) in [5, 5.41) is 3.46. The van der Waals surface area contributed by atoms with Crippen molar-refractivity contribution in [1.82, 2.24) is 10.2 Å². The fourth-order valence-corrected chi connectivity index (χ4v) is 3.72. The van der Waals surface area contributed by atoms with E-state index >= 15 is 0 Å². The zero-order valence-electron chi connectivity index (χ0n) is 17.8. The Kier molecular flexibility index (Phi) is 7.05. The van der Waals surface area contributed by atoms with Crippen molar-refractivity contribution in [1.29, 1.82) is 0 Å². The van der Waals surface area contributed by atoms with E-state index in [1.807, 2.05) is 6.07 Å². The lowest BCUT2D eigenvalue weighted by molar-refractivity contribution is 0.0263. The highest BCUT2D eigenvalue weighted by Crippen LogP contribution is 2.35. The van der Waals surface area contributed by atoms with Crippen LogP contribution in [0.15, 0.2) is 23.2 Å². The highest BCUT2D eigenvalue weighted by Gasteiger charge is 2.25. The average Bonchev–Trinajstić information content (AvgIpc) is 2.71. The second-order valence-corrected chi connectivity index (χ2v) is 8.05. The van der Waals surface area contributed by atoms with Crippen molar-refractivity contribution in [2.75, 3.05) is 46.0 Å². The molecule has 0 atom stereocenters. The van der Waals surface area contributed by atoms with Gasteiger partial charge in [0.2, 0.25) is 0 Å². The van der Waals surface area contributed by atoms with Crippen LogP contribution in [-0.4, -0.2) is 63.0 Å². The predicted molar refractivity (Wildman–Crippen MR) is 113 cm³/mol. The molecule has 1 N–H and O–H groups in total. The summed E-state index contributed by atoms with van der Waals surface area (Å²) in [7, 11) is 0. The number of nitrogens with zero attached hydrogens (tertiary/aromatic N) is 2. The van der Waals surface area contributed by atoms with Crippen LogP contribution in [0.2, 0.25) is 0 Å². The Morgan fingerprint density at radius 3 is 2.57 bits per heavy atom. The van der Waals surface area contributed by atoms with Crippen LogP contribution in [0.25, 0.3) is 0 Å². The normalized spacial score (nSPS) is 18.3. The van der Waals surface area contributed by atoms with Gasteiger partial charge in [-0.2, -0.15) is 0 Å². The van der Waals surface area contributed by atoms with Gasteiger partial charge < -0.3 is 24.4 Å². The van der Waals surface area contributed by atoms with Gasteiger partial charge in [-0.05, 0) is 44.4 Å². The number of hydrogen-bond acceptors (Lipinski definition) is 4. The van der Waals surface area contributed by atoms with Gasteiger partial charge in [-0.15, -0.1) is 0 Å². The first-order valence-electron chi connectivity index (χ1n) is 10.6. The van der Waals surface area contributed by atoms with E-state index < -0.39 is 0 Å². The maximum absolute atomic E-state index is 5.78. The lowest BCUT2D eigenvalue weighted by Gasteiger charge is -2.34. The van der Waals surface area contributed by atoms with Gasteiger partial charge in [-0.3, -0.25) is 4.99 Å². The van der Waals surface area contributed by atoms with Gasteiger partial charge in [0.05, 0.1) is 12.6 Å². The lowest BCUT2D eigenvalue weighted by Crippen LogP contribution is -2.47. The number of aliphatic imine (C=N–C) groups is 1. The van der Waals surface area contributed by atoms with E-state index in [1.54, 1.807) is 0 Å². The quantitative estimate of drug-likeness (QED) is 0.598. The molecule has 6 nitrogen and oxygen atoms in total. The summed E-state index contributed by atoms with van der Waals surface area (Å²) >= 11 is 0. The van der Waals surface area contributed by atoms with Crippen molar-refractivity contribution in [3.63, 3.8) is 0 Å². The van der Waals surface area contributed by atoms with Crippen molar-refractivity contribution in [3.8, 4) is 11.5 Å². The molecule has 0 unspecified atom stereocenters. The molecule has 3 rings (SSSR count). The number of guanidine groups is 1. The zero-order chi connectivity index (χ0) is 20.0. The number of fused-ring (bicyclic) bond motifs is 1. The van der Waals surface area contributed by atoms with Crippen LogP contribution >= 0.6 is 0 Å². The van der Waals surface area contributed by atoms with Crippen LogP contribution in [-0.2, 0) is 10.2 Å². The lowest BCUT2D eigenvalue weighted by atomic mass is 9.84. The summed E-state index contributed by atoms with van der Waals surface area (Å²) in [6.45, 7) is 14.2. The minimum atomic E-state index is -0.0971. The molecule has 0 saturated carbocycles. The second-order valence-electron chi connectivity index (χ2n) is 8.05. The Balaban J connectivity index is 1.68. The zero-order valence-corrected chi connectivity index (χ0v) is 17.8. The van der Waals surface area contributed by atoms with Crippen molar-refractivity contribution < 1.29 is 14.2 Å². The van der Waals surface area contributed by atoms with Gasteiger partial charge in [0, 0.05) is 31.7 Å². The Morgan fingerprint density at radius 2 is 1.89 bits per heavy atom. The molecule has 0 amide bonds. The summed E-state index contributed by atoms with van der Waals surface area (Å²) in [4.78, 5) is 7.35. The van der Waals surface area contributed by atoms with Gasteiger partial charge in [0.15, 0.2) is 17.5 Å². The molecule has 1 aromatic rings. The number of nitrogens with one attached hydrogen (secondary N) is 1. The minimum Gasteiger partial charge on any atom is -0.486 e. The van der Waals surface area contributed by atoms with E-state index in [1.165, 1.54) is 5.56 Å². The highest BCUT2D eigenvalue weighted by atomic mass is 16.6. The average molecular weight is 390 g/mol. The molecule has 0 bridgehead atoms. The highest BCUT2D eigenvalue weighted by molar-refractivity contribution is 5.80. The van der Waals surface area contributed by atoms with Crippen LogP contribution in [0.5, 0.6) is 11.5 Å². The van der Waals surface area contributed by atoms with Gasteiger partial charge >= 0.3 is 0 Å². The molecule has 1 saturated heterocycles. The van der Waals surface area contributed by atoms with Crippen LogP contribution in [0.4, 0.5) is 0 Å². The van der Waals surface area contributed by atoms with Gasteiger partial charge in [-0.1, -0.05) is 19.9 Å². The van der Waals surface area contributed by atoms with Crippen LogP contribution in [0.3, 0.4) is 0 Å². The van der Waals surface area contributed by atoms with Gasteiger partial charge in [-0.25, -0.2) is 0 Å². The number of ether oxygens (including phenoxy) is 3. The smallest absolute Gasteiger partial charge is 0.193 e. The van der Waals surface area contributed by atoms with Crippen molar-refractivity contribution in [3.05, 3.63) is 23.8 Å². The maximum atomic E-state index is 5.78. The molecule has 0 aromatic heterocycles. The number of piperidine rings is 1. The first-order chi connectivity index (χ1) is 13.5. The third-order valence-electron chi connectivity index (χ3n) is 5.43. The van der Waals surface area contributed by atoms with Crippen LogP contribution in [0, 0.1) is 0 Å². The van der Waals surface area contributed by atoms with Crippen LogP contribution < -0.4 is 14.8 Å². The van der Waals surface area contributed by atoms with E-state index in [4.69, 9.17) is 19.2 Å². The molecule has 6 heteroatoms. The fourth-order valence-electron chi connectivity index (χ4n) is 3.72. The number of benzene rings is 1. The molecule has 1 fully saturated rings.